The lowest BCUT2D eigenvalue weighted by atomic mass is 9.81. The molecule has 2 aromatic carbocycles. The zero-order valence-corrected chi connectivity index (χ0v) is 18.0. The van der Waals surface area contributed by atoms with Crippen LogP contribution in [-0.4, -0.2) is 18.9 Å². The van der Waals surface area contributed by atoms with E-state index >= 15 is 0 Å². The van der Waals surface area contributed by atoms with E-state index in [4.69, 9.17) is 0 Å². The van der Waals surface area contributed by atoms with Gasteiger partial charge in [-0.2, -0.15) is 0 Å². The number of benzene rings is 2. The lowest BCUT2D eigenvalue weighted by Crippen LogP contribution is -2.18. The Balaban J connectivity index is 1.79. The van der Waals surface area contributed by atoms with Gasteiger partial charge >= 0.3 is 0 Å². The number of hydrogen-bond acceptors (Lipinski definition) is 3. The highest BCUT2D eigenvalue weighted by atomic mass is 16.1. The van der Waals surface area contributed by atoms with Gasteiger partial charge in [0.25, 0.3) is 0 Å². The molecule has 1 fully saturated rings. The first-order valence-corrected chi connectivity index (χ1v) is 10.6. The van der Waals surface area contributed by atoms with E-state index in [2.05, 4.69) is 73.9 Å². The SMILES string of the molecule is CCC(C)Nc1ccc(/C=C2\CC(C)C/C(=C\c3ccc(NC)cc3)C2=O)cc1. The van der Waals surface area contributed by atoms with Crippen LogP contribution in [0.25, 0.3) is 12.2 Å². The molecule has 3 nitrogen and oxygen atoms in total. The summed E-state index contributed by atoms with van der Waals surface area (Å²) < 4.78 is 0. The van der Waals surface area contributed by atoms with Crippen molar-refractivity contribution in [2.24, 2.45) is 5.92 Å². The summed E-state index contributed by atoms with van der Waals surface area (Å²) in [6, 6.07) is 17.0. The van der Waals surface area contributed by atoms with Crippen LogP contribution >= 0.6 is 0 Å². The molecule has 0 aliphatic heterocycles. The smallest absolute Gasteiger partial charge is 0.185 e. The van der Waals surface area contributed by atoms with Crippen LogP contribution in [0, 0.1) is 5.92 Å². The van der Waals surface area contributed by atoms with E-state index in [1.807, 2.05) is 25.3 Å². The average Bonchev–Trinajstić information content (AvgIpc) is 2.73. The number of hydrogen-bond donors (Lipinski definition) is 2. The maximum Gasteiger partial charge on any atom is 0.185 e. The van der Waals surface area contributed by atoms with Crippen LogP contribution in [0.3, 0.4) is 0 Å². The first kappa shape index (κ1) is 20.9. The van der Waals surface area contributed by atoms with Crippen molar-refractivity contribution in [1.82, 2.24) is 0 Å². The van der Waals surface area contributed by atoms with E-state index in [-0.39, 0.29) is 5.78 Å². The molecule has 0 aromatic heterocycles. The molecule has 0 heterocycles. The Bertz CT molecular complexity index is 891. The van der Waals surface area contributed by atoms with E-state index in [0.717, 1.165) is 52.9 Å². The maximum atomic E-state index is 13.1. The second kappa shape index (κ2) is 9.60. The molecule has 0 radical (unpaired) electrons. The van der Waals surface area contributed by atoms with Crippen molar-refractivity contribution in [2.45, 2.75) is 46.1 Å². The standard InChI is InChI=1S/C26H32N2O/c1-5-19(3)28-25-12-8-21(9-13-25)17-23-15-18(2)14-22(26(23)29)16-20-6-10-24(27-4)11-7-20/h6-13,16-19,27-28H,5,14-15H2,1-4H3/b22-16+,23-17+. The van der Waals surface area contributed by atoms with E-state index in [1.54, 1.807) is 0 Å². The Kier molecular flexibility index (Phi) is 6.92. The zero-order chi connectivity index (χ0) is 20.8. The molecule has 1 aliphatic rings. The number of rotatable bonds is 6. The summed E-state index contributed by atoms with van der Waals surface area (Å²) in [5, 5.41) is 6.60. The summed E-state index contributed by atoms with van der Waals surface area (Å²) in [6.45, 7) is 6.57. The lowest BCUT2D eigenvalue weighted by molar-refractivity contribution is -0.113. The largest absolute Gasteiger partial charge is 0.388 e. The van der Waals surface area contributed by atoms with Crippen molar-refractivity contribution in [2.75, 3.05) is 17.7 Å². The molecule has 0 amide bonds. The quantitative estimate of drug-likeness (QED) is 0.562. The van der Waals surface area contributed by atoms with Crippen LogP contribution in [0.15, 0.2) is 59.7 Å². The third-order valence-electron chi connectivity index (χ3n) is 5.54. The minimum Gasteiger partial charge on any atom is -0.388 e. The fourth-order valence-corrected chi connectivity index (χ4v) is 3.67. The highest BCUT2D eigenvalue weighted by Gasteiger charge is 2.25. The van der Waals surface area contributed by atoms with Gasteiger partial charge in [0.05, 0.1) is 0 Å². The third kappa shape index (κ3) is 5.60. The molecular formula is C26H32N2O. The fourth-order valence-electron chi connectivity index (χ4n) is 3.67. The minimum absolute atomic E-state index is 0.183. The lowest BCUT2D eigenvalue weighted by Gasteiger charge is -2.22. The average molecular weight is 389 g/mol. The van der Waals surface area contributed by atoms with E-state index in [1.165, 1.54) is 0 Å². The van der Waals surface area contributed by atoms with E-state index in [0.29, 0.717) is 12.0 Å². The Morgan fingerprint density at radius 2 is 1.41 bits per heavy atom. The normalized spacial score (nSPS) is 20.7. The van der Waals surface area contributed by atoms with Gasteiger partial charge in [0, 0.05) is 35.6 Å². The molecular weight excluding hydrogens is 356 g/mol. The van der Waals surface area contributed by atoms with Crippen LogP contribution in [-0.2, 0) is 4.79 Å². The Morgan fingerprint density at radius 1 is 0.931 bits per heavy atom. The highest BCUT2D eigenvalue weighted by Crippen LogP contribution is 2.32. The second-order valence-electron chi connectivity index (χ2n) is 8.13. The van der Waals surface area contributed by atoms with Gasteiger partial charge in [-0.1, -0.05) is 38.1 Å². The van der Waals surface area contributed by atoms with Gasteiger partial charge in [-0.25, -0.2) is 0 Å². The van der Waals surface area contributed by atoms with Gasteiger partial charge < -0.3 is 10.6 Å². The Labute approximate surface area is 174 Å². The molecule has 2 unspecified atom stereocenters. The summed E-state index contributed by atoms with van der Waals surface area (Å²) in [5.41, 5.74) is 6.15. The van der Waals surface area contributed by atoms with Crippen LogP contribution in [0.4, 0.5) is 11.4 Å². The van der Waals surface area contributed by atoms with Crippen molar-refractivity contribution >= 4 is 29.3 Å². The molecule has 1 saturated carbocycles. The number of ketones is 1. The maximum absolute atomic E-state index is 13.1. The van der Waals surface area contributed by atoms with Gasteiger partial charge in [-0.05, 0) is 79.6 Å². The molecule has 2 atom stereocenters. The van der Waals surface area contributed by atoms with E-state index < -0.39 is 0 Å². The molecule has 152 valence electrons. The molecule has 0 bridgehead atoms. The summed E-state index contributed by atoms with van der Waals surface area (Å²) in [4.78, 5) is 13.1. The first-order chi connectivity index (χ1) is 14.0. The van der Waals surface area contributed by atoms with Gasteiger partial charge in [0.2, 0.25) is 0 Å². The number of carbonyl (C=O) groups is 1. The Hall–Kier alpha value is -2.81. The predicted molar refractivity (Wildman–Crippen MR) is 125 cm³/mol. The van der Waals surface area contributed by atoms with Crippen LogP contribution in [0.5, 0.6) is 0 Å². The van der Waals surface area contributed by atoms with Crippen molar-refractivity contribution in [3.05, 3.63) is 70.8 Å². The van der Waals surface area contributed by atoms with E-state index in [9.17, 15) is 4.79 Å². The van der Waals surface area contributed by atoms with Gasteiger partial charge in [0.1, 0.15) is 0 Å². The zero-order valence-electron chi connectivity index (χ0n) is 18.0. The summed E-state index contributed by atoms with van der Waals surface area (Å²) in [5.74, 6) is 0.649. The highest BCUT2D eigenvalue weighted by molar-refractivity contribution is 6.14. The summed E-state index contributed by atoms with van der Waals surface area (Å²) >= 11 is 0. The number of Topliss-reactive ketones (excluding diaryl/α,β-unsaturated/α-hetero) is 1. The van der Waals surface area contributed by atoms with Crippen molar-refractivity contribution in [1.29, 1.82) is 0 Å². The van der Waals surface area contributed by atoms with Gasteiger partial charge in [-0.15, -0.1) is 0 Å². The van der Waals surface area contributed by atoms with Crippen molar-refractivity contribution in [3.63, 3.8) is 0 Å². The van der Waals surface area contributed by atoms with Crippen LogP contribution in [0.1, 0.15) is 51.2 Å². The first-order valence-electron chi connectivity index (χ1n) is 10.6. The monoisotopic (exact) mass is 388 g/mol. The number of carbonyl (C=O) groups excluding carboxylic acids is 1. The molecule has 2 aromatic rings. The molecule has 3 heteroatoms. The van der Waals surface area contributed by atoms with Crippen LogP contribution < -0.4 is 10.6 Å². The Morgan fingerprint density at radius 3 is 1.86 bits per heavy atom. The summed E-state index contributed by atoms with van der Waals surface area (Å²) in [6.07, 6.45) is 6.86. The molecule has 0 spiro atoms. The second-order valence-corrected chi connectivity index (χ2v) is 8.13. The molecule has 3 rings (SSSR count). The molecule has 0 saturated heterocycles. The predicted octanol–water partition coefficient (Wildman–Crippen LogP) is 6.40. The molecule has 1 aliphatic carbocycles. The molecule has 29 heavy (non-hydrogen) atoms. The summed E-state index contributed by atoms with van der Waals surface area (Å²) in [7, 11) is 1.91. The number of anilines is 2. The van der Waals surface area contributed by atoms with Crippen molar-refractivity contribution < 1.29 is 4.79 Å². The van der Waals surface area contributed by atoms with Crippen LogP contribution in [0.2, 0.25) is 0 Å². The third-order valence-corrected chi connectivity index (χ3v) is 5.54. The van der Waals surface area contributed by atoms with Gasteiger partial charge in [-0.3, -0.25) is 4.79 Å². The van der Waals surface area contributed by atoms with Crippen molar-refractivity contribution in [3.8, 4) is 0 Å². The minimum atomic E-state index is 0.183. The molecule has 2 N–H and O–H groups in total. The fraction of sp³-hybridized carbons (Fsp3) is 0.346. The number of allylic oxidation sites excluding steroid dienone is 2. The topological polar surface area (TPSA) is 41.1 Å². The van der Waals surface area contributed by atoms with Gasteiger partial charge in [0.15, 0.2) is 5.78 Å². The number of nitrogens with one attached hydrogen (secondary N) is 2.